The Balaban J connectivity index is 1.84. The Morgan fingerprint density at radius 3 is 2.47 bits per heavy atom. The average Bonchev–Trinajstić information content (AvgIpc) is 3.08. The van der Waals surface area contributed by atoms with Crippen molar-refractivity contribution < 1.29 is 13.9 Å². The summed E-state index contributed by atoms with van der Waals surface area (Å²) in [4.78, 5) is 33.4. The Morgan fingerprint density at radius 1 is 0.969 bits per heavy atom. The first kappa shape index (κ1) is 20.0. The van der Waals surface area contributed by atoms with Gasteiger partial charge in [-0.05, 0) is 73.9 Å². The van der Waals surface area contributed by atoms with E-state index in [0.717, 1.165) is 22.4 Å². The molecular formula is C26H22N2O4. The number of benzene rings is 2. The molecule has 0 saturated heterocycles. The molecule has 1 unspecified atom stereocenters. The number of hydrogen-bond acceptors (Lipinski definition) is 5. The van der Waals surface area contributed by atoms with Crippen LogP contribution >= 0.6 is 0 Å². The maximum Gasteiger partial charge on any atom is 0.296 e. The van der Waals surface area contributed by atoms with Crippen LogP contribution in [0, 0.1) is 20.8 Å². The first-order chi connectivity index (χ1) is 15.4. The molecule has 0 spiro atoms. The van der Waals surface area contributed by atoms with Crippen LogP contribution in [-0.2, 0) is 0 Å². The summed E-state index contributed by atoms with van der Waals surface area (Å²) in [6.07, 6.45) is 0. The molecule has 0 bridgehead atoms. The molecule has 1 amide bonds. The highest BCUT2D eigenvalue weighted by Gasteiger charge is 2.44. The van der Waals surface area contributed by atoms with E-state index in [1.165, 1.54) is 4.90 Å². The van der Waals surface area contributed by atoms with Gasteiger partial charge in [0.1, 0.15) is 17.2 Å². The molecule has 1 atom stereocenters. The molecule has 0 radical (unpaired) electrons. The predicted octanol–water partition coefficient (Wildman–Crippen LogP) is 4.87. The van der Waals surface area contributed by atoms with E-state index >= 15 is 0 Å². The van der Waals surface area contributed by atoms with Crippen LogP contribution in [-0.4, -0.2) is 18.0 Å². The maximum atomic E-state index is 13.7. The number of methoxy groups -OCH3 is 1. The Hall–Kier alpha value is -3.93. The van der Waals surface area contributed by atoms with Gasteiger partial charge in [-0.15, -0.1) is 0 Å². The molecule has 2 aromatic carbocycles. The molecular weight excluding hydrogens is 404 g/mol. The molecule has 160 valence electrons. The second-order valence-electron chi connectivity index (χ2n) is 8.10. The number of aryl methyl sites for hydroxylation is 3. The van der Waals surface area contributed by atoms with Gasteiger partial charge in [0.25, 0.3) is 5.91 Å². The largest absolute Gasteiger partial charge is 0.497 e. The van der Waals surface area contributed by atoms with E-state index in [1.807, 2.05) is 69.3 Å². The van der Waals surface area contributed by atoms with E-state index in [1.54, 1.807) is 13.2 Å². The minimum absolute atomic E-state index is 0.0573. The van der Waals surface area contributed by atoms with Gasteiger partial charge in [-0.3, -0.25) is 14.5 Å². The number of amides is 1. The van der Waals surface area contributed by atoms with Crippen molar-refractivity contribution >= 4 is 22.7 Å². The van der Waals surface area contributed by atoms with Crippen LogP contribution < -0.4 is 15.1 Å². The first-order valence-electron chi connectivity index (χ1n) is 10.4. The fraction of sp³-hybridized carbons (Fsp3) is 0.192. The zero-order valence-corrected chi connectivity index (χ0v) is 18.3. The Bertz CT molecular complexity index is 1450. The second-order valence-corrected chi connectivity index (χ2v) is 8.10. The van der Waals surface area contributed by atoms with E-state index in [0.29, 0.717) is 28.1 Å². The number of nitrogens with zero attached hydrogens (tertiary/aromatic N) is 2. The summed E-state index contributed by atoms with van der Waals surface area (Å²) < 4.78 is 11.5. The Morgan fingerprint density at radius 2 is 1.72 bits per heavy atom. The molecule has 6 heteroatoms. The van der Waals surface area contributed by atoms with Gasteiger partial charge in [0.15, 0.2) is 5.43 Å². The highest BCUT2D eigenvalue weighted by Crippen LogP contribution is 2.41. The van der Waals surface area contributed by atoms with Gasteiger partial charge in [0.05, 0.1) is 24.1 Å². The molecule has 0 N–H and O–H groups in total. The van der Waals surface area contributed by atoms with Gasteiger partial charge in [-0.2, -0.15) is 0 Å². The van der Waals surface area contributed by atoms with E-state index in [4.69, 9.17) is 9.15 Å². The number of carbonyl (C=O) groups excluding carboxylic acids is 1. The minimum Gasteiger partial charge on any atom is -0.497 e. The smallest absolute Gasteiger partial charge is 0.296 e. The van der Waals surface area contributed by atoms with E-state index in [-0.39, 0.29) is 17.1 Å². The third-order valence-corrected chi connectivity index (χ3v) is 6.02. The van der Waals surface area contributed by atoms with Crippen LogP contribution in [0.15, 0.2) is 63.8 Å². The highest BCUT2D eigenvalue weighted by molar-refractivity contribution is 6.10. The summed E-state index contributed by atoms with van der Waals surface area (Å²) in [5, 5.41) is 0.464. The van der Waals surface area contributed by atoms with Crippen molar-refractivity contribution in [2.24, 2.45) is 0 Å². The van der Waals surface area contributed by atoms with Crippen LogP contribution in [0.5, 0.6) is 5.75 Å². The van der Waals surface area contributed by atoms with Crippen LogP contribution in [0.1, 0.15) is 44.5 Å². The molecule has 6 nitrogen and oxygen atoms in total. The second kappa shape index (κ2) is 7.34. The van der Waals surface area contributed by atoms with Crippen molar-refractivity contribution in [1.82, 2.24) is 4.98 Å². The monoisotopic (exact) mass is 426 g/mol. The van der Waals surface area contributed by atoms with Gasteiger partial charge in [-0.25, -0.2) is 4.98 Å². The number of fused-ring (bicyclic) bond motifs is 2. The highest BCUT2D eigenvalue weighted by atomic mass is 16.5. The normalized spacial score (nSPS) is 15.3. The molecule has 1 aliphatic rings. The molecule has 32 heavy (non-hydrogen) atoms. The average molecular weight is 426 g/mol. The van der Waals surface area contributed by atoms with Crippen molar-refractivity contribution in [1.29, 1.82) is 0 Å². The lowest BCUT2D eigenvalue weighted by molar-refractivity contribution is 0.0970. The van der Waals surface area contributed by atoms with E-state index < -0.39 is 6.04 Å². The van der Waals surface area contributed by atoms with Crippen molar-refractivity contribution in [3.8, 4) is 5.75 Å². The van der Waals surface area contributed by atoms with Crippen molar-refractivity contribution in [2.75, 3.05) is 12.0 Å². The Kier molecular flexibility index (Phi) is 4.59. The zero-order valence-electron chi connectivity index (χ0n) is 18.3. The van der Waals surface area contributed by atoms with Gasteiger partial charge in [0.2, 0.25) is 5.76 Å². The van der Waals surface area contributed by atoms with Gasteiger partial charge < -0.3 is 9.15 Å². The molecule has 0 aliphatic carbocycles. The standard InChI is InChI=1S/C26H22N2O4/c1-14-11-19-20(12-15(14)2)32-25-22(24(19)29)23(17-8-6-9-18(13-17)31-4)28(26(25)30)21-10-5-7-16(3)27-21/h5-13,23H,1-4H3. The number of ether oxygens (including phenoxy) is 1. The molecule has 3 heterocycles. The van der Waals surface area contributed by atoms with Gasteiger partial charge in [0, 0.05) is 5.69 Å². The number of aromatic nitrogens is 1. The lowest BCUT2D eigenvalue weighted by Crippen LogP contribution is -2.30. The number of pyridine rings is 1. The number of carbonyl (C=O) groups is 1. The fourth-order valence-electron chi connectivity index (χ4n) is 4.25. The zero-order chi connectivity index (χ0) is 22.6. The summed E-state index contributed by atoms with van der Waals surface area (Å²) in [5.41, 5.74) is 4.02. The first-order valence-corrected chi connectivity index (χ1v) is 10.4. The third kappa shape index (κ3) is 2.99. The summed E-state index contributed by atoms with van der Waals surface area (Å²) >= 11 is 0. The SMILES string of the molecule is COc1cccc(C2c3c(oc4cc(C)c(C)cc4c3=O)C(=O)N2c2cccc(C)n2)c1. The van der Waals surface area contributed by atoms with Crippen molar-refractivity contribution in [3.63, 3.8) is 0 Å². The van der Waals surface area contributed by atoms with Crippen molar-refractivity contribution in [2.45, 2.75) is 26.8 Å². The molecule has 0 fully saturated rings. The third-order valence-electron chi connectivity index (χ3n) is 6.02. The van der Waals surface area contributed by atoms with Crippen LogP contribution in [0.3, 0.4) is 0 Å². The quantitative estimate of drug-likeness (QED) is 0.467. The molecule has 0 saturated carbocycles. The molecule has 4 aromatic rings. The van der Waals surface area contributed by atoms with Crippen LogP contribution in [0.4, 0.5) is 5.82 Å². The minimum atomic E-state index is -0.677. The lowest BCUT2D eigenvalue weighted by Gasteiger charge is -2.24. The molecule has 2 aromatic heterocycles. The number of hydrogen-bond donors (Lipinski definition) is 0. The Labute approximate surface area is 185 Å². The van der Waals surface area contributed by atoms with Crippen LogP contribution in [0.25, 0.3) is 11.0 Å². The topological polar surface area (TPSA) is 72.6 Å². The summed E-state index contributed by atoms with van der Waals surface area (Å²) in [6, 6.07) is 15.8. The maximum absolute atomic E-state index is 13.7. The van der Waals surface area contributed by atoms with E-state index in [2.05, 4.69) is 4.98 Å². The van der Waals surface area contributed by atoms with Crippen molar-refractivity contribution in [3.05, 3.63) is 98.5 Å². The lowest BCUT2D eigenvalue weighted by atomic mass is 9.97. The van der Waals surface area contributed by atoms with Gasteiger partial charge >= 0.3 is 0 Å². The number of anilines is 1. The summed E-state index contributed by atoms with van der Waals surface area (Å²) in [7, 11) is 1.58. The molecule has 5 rings (SSSR count). The van der Waals surface area contributed by atoms with Crippen LogP contribution in [0.2, 0.25) is 0 Å². The van der Waals surface area contributed by atoms with Gasteiger partial charge in [-0.1, -0.05) is 18.2 Å². The molecule has 1 aliphatic heterocycles. The number of rotatable bonds is 3. The van der Waals surface area contributed by atoms with E-state index in [9.17, 15) is 9.59 Å². The predicted molar refractivity (Wildman–Crippen MR) is 123 cm³/mol. The summed E-state index contributed by atoms with van der Waals surface area (Å²) in [6.45, 7) is 5.77. The summed E-state index contributed by atoms with van der Waals surface area (Å²) in [5.74, 6) is 0.771. The fourth-order valence-corrected chi connectivity index (χ4v) is 4.25.